The first-order chi connectivity index (χ1) is 10.8. The average Bonchev–Trinajstić information content (AvgIpc) is 2.59. The van der Waals surface area contributed by atoms with E-state index in [9.17, 15) is 9.59 Å². The second kappa shape index (κ2) is 6.30. The number of carbonyl (C=O) groups is 2. The lowest BCUT2D eigenvalue weighted by molar-refractivity contribution is -0.117. The summed E-state index contributed by atoms with van der Waals surface area (Å²) >= 11 is 0. The van der Waals surface area contributed by atoms with Crippen LogP contribution >= 0.6 is 0 Å². The largest absolute Gasteiger partial charge is 0.490 e. The van der Waals surface area contributed by atoms with E-state index in [4.69, 9.17) is 4.74 Å². The van der Waals surface area contributed by atoms with Gasteiger partial charge in [-0.25, -0.2) is 0 Å². The number of nitrogens with zero attached hydrogens (tertiary/aromatic N) is 1. The van der Waals surface area contributed by atoms with Gasteiger partial charge in [-0.05, 0) is 24.3 Å². The second-order valence-corrected chi connectivity index (χ2v) is 4.91. The van der Waals surface area contributed by atoms with Crippen molar-refractivity contribution in [1.29, 1.82) is 0 Å². The Bertz CT molecular complexity index is 685. The summed E-state index contributed by atoms with van der Waals surface area (Å²) in [5.74, 6) is 0.284. The maximum atomic E-state index is 12.4. The quantitative estimate of drug-likeness (QED) is 0.940. The predicted octanol–water partition coefficient (Wildman–Crippen LogP) is 1.84. The Morgan fingerprint density at radius 2 is 1.77 bits per heavy atom. The number of nitrogens with one attached hydrogen (secondary N) is 1. The normalized spacial score (nSPS) is 13.0. The van der Waals surface area contributed by atoms with Gasteiger partial charge in [0.1, 0.15) is 12.4 Å². The molecule has 0 saturated heterocycles. The van der Waals surface area contributed by atoms with E-state index < -0.39 is 0 Å². The van der Waals surface area contributed by atoms with Crippen LogP contribution in [0.2, 0.25) is 0 Å². The maximum absolute atomic E-state index is 12.4. The second-order valence-electron chi connectivity index (χ2n) is 4.91. The molecular weight excluding hydrogens is 280 g/mol. The van der Waals surface area contributed by atoms with Crippen LogP contribution in [-0.4, -0.2) is 31.5 Å². The number of hydrogen-bond donors (Lipinski definition) is 1. The van der Waals surface area contributed by atoms with Crippen molar-refractivity contribution in [3.8, 4) is 5.75 Å². The Kier molecular flexibility index (Phi) is 4.05. The van der Waals surface area contributed by atoms with Gasteiger partial charge in [-0.1, -0.05) is 30.3 Å². The molecule has 3 rings (SSSR count). The molecule has 0 bridgehead atoms. The zero-order chi connectivity index (χ0) is 15.4. The van der Waals surface area contributed by atoms with Crippen molar-refractivity contribution in [3.63, 3.8) is 0 Å². The molecule has 1 N–H and O–H groups in total. The van der Waals surface area contributed by atoms with Gasteiger partial charge in [0.25, 0.3) is 5.91 Å². The number of fused-ring (bicyclic) bond motifs is 1. The van der Waals surface area contributed by atoms with Crippen LogP contribution in [0.15, 0.2) is 54.6 Å². The van der Waals surface area contributed by atoms with Crippen LogP contribution in [0.25, 0.3) is 0 Å². The van der Waals surface area contributed by atoms with Crippen molar-refractivity contribution in [2.75, 3.05) is 24.6 Å². The first-order valence-electron chi connectivity index (χ1n) is 7.11. The fourth-order valence-corrected chi connectivity index (χ4v) is 2.37. The molecule has 112 valence electrons. The standard InChI is InChI=1S/C17H16N2O3/c20-16(12-18-17(21)13-6-2-1-3-7-13)19-10-11-22-15-9-5-4-8-14(15)19/h1-9H,10-12H2,(H,18,21). The molecule has 22 heavy (non-hydrogen) atoms. The number of benzene rings is 2. The SMILES string of the molecule is O=C(NCC(=O)N1CCOc2ccccc21)c1ccccc1. The highest BCUT2D eigenvalue weighted by Gasteiger charge is 2.23. The van der Waals surface area contributed by atoms with Gasteiger partial charge in [0.05, 0.1) is 18.8 Å². The van der Waals surface area contributed by atoms with Crippen molar-refractivity contribution in [3.05, 3.63) is 60.2 Å². The molecule has 1 heterocycles. The Hall–Kier alpha value is -2.82. The smallest absolute Gasteiger partial charge is 0.251 e. The lowest BCUT2D eigenvalue weighted by Gasteiger charge is -2.29. The molecule has 1 aliphatic heterocycles. The van der Waals surface area contributed by atoms with Crippen molar-refractivity contribution in [2.45, 2.75) is 0 Å². The van der Waals surface area contributed by atoms with E-state index in [-0.39, 0.29) is 18.4 Å². The van der Waals surface area contributed by atoms with E-state index in [1.165, 1.54) is 0 Å². The number of ether oxygens (including phenoxy) is 1. The predicted molar refractivity (Wildman–Crippen MR) is 83.1 cm³/mol. The first-order valence-corrected chi connectivity index (χ1v) is 7.11. The molecule has 0 aliphatic carbocycles. The molecule has 2 amide bonds. The molecule has 5 heteroatoms. The number of carbonyl (C=O) groups excluding carboxylic acids is 2. The summed E-state index contributed by atoms with van der Waals surface area (Å²) in [6.45, 7) is 0.897. The third-order valence-electron chi connectivity index (χ3n) is 3.47. The zero-order valence-electron chi connectivity index (χ0n) is 12.0. The molecule has 0 spiro atoms. The van der Waals surface area contributed by atoms with E-state index in [0.29, 0.717) is 24.5 Å². The van der Waals surface area contributed by atoms with Gasteiger partial charge in [-0.2, -0.15) is 0 Å². The van der Waals surface area contributed by atoms with Gasteiger partial charge < -0.3 is 15.0 Å². The minimum atomic E-state index is -0.254. The van der Waals surface area contributed by atoms with Gasteiger partial charge in [0, 0.05) is 5.56 Å². The van der Waals surface area contributed by atoms with Gasteiger partial charge in [-0.3, -0.25) is 9.59 Å². The Morgan fingerprint density at radius 3 is 2.59 bits per heavy atom. The van der Waals surface area contributed by atoms with E-state index in [1.54, 1.807) is 29.2 Å². The number of para-hydroxylation sites is 2. The average molecular weight is 296 g/mol. The van der Waals surface area contributed by atoms with E-state index >= 15 is 0 Å². The summed E-state index contributed by atoms with van der Waals surface area (Å²) in [4.78, 5) is 26.0. The van der Waals surface area contributed by atoms with Crippen molar-refractivity contribution in [2.24, 2.45) is 0 Å². The fraction of sp³-hybridized carbons (Fsp3) is 0.176. The third kappa shape index (κ3) is 2.93. The Morgan fingerprint density at radius 1 is 1.05 bits per heavy atom. The summed E-state index contributed by atoms with van der Waals surface area (Å²) in [5.41, 5.74) is 1.28. The van der Waals surface area contributed by atoms with Crippen LogP contribution in [0, 0.1) is 0 Å². The summed E-state index contributed by atoms with van der Waals surface area (Å²) in [7, 11) is 0. The third-order valence-corrected chi connectivity index (χ3v) is 3.47. The van der Waals surface area contributed by atoms with E-state index in [1.807, 2.05) is 30.3 Å². The minimum absolute atomic E-state index is 0.0396. The lowest BCUT2D eigenvalue weighted by atomic mass is 10.2. The molecule has 0 aromatic heterocycles. The minimum Gasteiger partial charge on any atom is -0.490 e. The topological polar surface area (TPSA) is 58.6 Å². The van der Waals surface area contributed by atoms with Gasteiger partial charge in [0.15, 0.2) is 0 Å². The molecule has 0 unspecified atom stereocenters. The van der Waals surface area contributed by atoms with Crippen molar-refractivity contribution >= 4 is 17.5 Å². The van der Waals surface area contributed by atoms with Crippen molar-refractivity contribution in [1.82, 2.24) is 5.32 Å². The highest BCUT2D eigenvalue weighted by molar-refractivity contribution is 6.01. The van der Waals surface area contributed by atoms with Crippen LogP contribution < -0.4 is 15.0 Å². The van der Waals surface area contributed by atoms with Crippen LogP contribution in [0.1, 0.15) is 10.4 Å². The van der Waals surface area contributed by atoms with Gasteiger partial charge in [0.2, 0.25) is 5.91 Å². The number of rotatable bonds is 3. The molecule has 0 atom stereocenters. The summed E-state index contributed by atoms with van der Waals surface area (Å²) in [6.07, 6.45) is 0. The summed E-state index contributed by atoms with van der Waals surface area (Å²) in [6, 6.07) is 16.2. The fourth-order valence-electron chi connectivity index (χ4n) is 2.37. The lowest BCUT2D eigenvalue weighted by Crippen LogP contribution is -2.44. The molecule has 0 saturated carbocycles. The molecule has 5 nitrogen and oxygen atoms in total. The Balaban J connectivity index is 1.65. The number of hydrogen-bond acceptors (Lipinski definition) is 3. The summed E-state index contributed by atoms with van der Waals surface area (Å²) in [5, 5.41) is 2.66. The molecular formula is C17H16N2O3. The van der Waals surface area contributed by atoms with E-state index in [2.05, 4.69) is 5.32 Å². The number of anilines is 1. The number of amides is 2. The van der Waals surface area contributed by atoms with Crippen molar-refractivity contribution < 1.29 is 14.3 Å². The first kappa shape index (κ1) is 14.1. The maximum Gasteiger partial charge on any atom is 0.251 e. The van der Waals surface area contributed by atoms with Crippen LogP contribution in [0.5, 0.6) is 5.75 Å². The molecule has 0 fully saturated rings. The summed E-state index contributed by atoms with van der Waals surface area (Å²) < 4.78 is 5.52. The monoisotopic (exact) mass is 296 g/mol. The van der Waals surface area contributed by atoms with E-state index in [0.717, 1.165) is 5.69 Å². The molecule has 1 aliphatic rings. The van der Waals surface area contributed by atoms with Gasteiger partial charge in [-0.15, -0.1) is 0 Å². The van der Waals surface area contributed by atoms with Crippen LogP contribution in [0.3, 0.4) is 0 Å². The Labute approximate surface area is 128 Å². The highest BCUT2D eigenvalue weighted by atomic mass is 16.5. The van der Waals surface area contributed by atoms with Gasteiger partial charge >= 0.3 is 0 Å². The van der Waals surface area contributed by atoms with Crippen LogP contribution in [-0.2, 0) is 4.79 Å². The van der Waals surface area contributed by atoms with Crippen LogP contribution in [0.4, 0.5) is 5.69 Å². The zero-order valence-corrected chi connectivity index (χ0v) is 12.0. The molecule has 0 radical (unpaired) electrons. The highest BCUT2D eigenvalue weighted by Crippen LogP contribution is 2.30. The molecule has 2 aromatic rings. The molecule has 2 aromatic carbocycles.